The van der Waals surface area contributed by atoms with Gasteiger partial charge in [0.05, 0.1) is 5.69 Å². The summed E-state index contributed by atoms with van der Waals surface area (Å²) in [6, 6.07) is 14.0. The highest BCUT2D eigenvalue weighted by molar-refractivity contribution is 5.77. The smallest absolute Gasteiger partial charge is 0.168 e. The van der Waals surface area contributed by atoms with Crippen LogP contribution in [0.15, 0.2) is 42.5 Å². The second-order valence-corrected chi connectivity index (χ2v) is 5.23. The van der Waals surface area contributed by atoms with E-state index in [9.17, 15) is 4.79 Å². The van der Waals surface area contributed by atoms with Gasteiger partial charge in [0.25, 0.3) is 0 Å². The third-order valence-corrected chi connectivity index (χ3v) is 3.69. The van der Waals surface area contributed by atoms with Gasteiger partial charge in [-0.1, -0.05) is 36.4 Å². The molecule has 0 N–H and O–H groups in total. The van der Waals surface area contributed by atoms with Gasteiger partial charge in [0, 0.05) is 18.8 Å². The Morgan fingerprint density at radius 2 is 1.67 bits per heavy atom. The second-order valence-electron chi connectivity index (χ2n) is 5.23. The fourth-order valence-electron chi connectivity index (χ4n) is 2.61. The van der Waals surface area contributed by atoms with Crippen molar-refractivity contribution in [3.63, 3.8) is 0 Å². The molecule has 1 aromatic carbocycles. The fourth-order valence-corrected chi connectivity index (χ4v) is 2.61. The maximum Gasteiger partial charge on any atom is 0.168 e. The molecule has 0 radical (unpaired) electrons. The van der Waals surface area contributed by atoms with Crippen molar-refractivity contribution in [3.05, 3.63) is 59.4 Å². The van der Waals surface area contributed by atoms with Crippen molar-refractivity contribution >= 4 is 24.1 Å². The van der Waals surface area contributed by atoms with Crippen LogP contribution in [0.5, 0.6) is 0 Å². The van der Waals surface area contributed by atoms with Gasteiger partial charge in [-0.15, -0.1) is 0 Å². The van der Waals surface area contributed by atoms with Gasteiger partial charge in [-0.2, -0.15) is 0 Å². The molecule has 1 saturated heterocycles. The largest absolute Gasteiger partial charge is 0.371 e. The van der Waals surface area contributed by atoms with Gasteiger partial charge in [0.2, 0.25) is 0 Å². The number of rotatable bonds is 4. The minimum absolute atomic E-state index is 0.493. The number of hydrogen-bond donors (Lipinski definition) is 0. The van der Waals surface area contributed by atoms with Crippen LogP contribution in [0.1, 0.15) is 34.6 Å². The first-order chi connectivity index (χ1) is 10.3. The predicted molar refractivity (Wildman–Crippen MR) is 86.4 cm³/mol. The fraction of sp³-hybridized carbons (Fsp3) is 0.222. The van der Waals surface area contributed by atoms with Crippen LogP contribution in [0.3, 0.4) is 0 Å². The molecule has 1 fully saturated rings. The molecule has 1 aliphatic heterocycles. The lowest BCUT2D eigenvalue weighted by Crippen LogP contribution is -2.18. The summed E-state index contributed by atoms with van der Waals surface area (Å²) >= 11 is 0. The maximum atomic E-state index is 11.1. The van der Waals surface area contributed by atoms with E-state index in [1.54, 1.807) is 0 Å². The van der Waals surface area contributed by atoms with Crippen molar-refractivity contribution in [1.29, 1.82) is 0 Å². The summed E-state index contributed by atoms with van der Waals surface area (Å²) in [5.41, 5.74) is 3.54. The van der Waals surface area contributed by atoms with E-state index in [0.29, 0.717) is 5.69 Å². The van der Waals surface area contributed by atoms with Crippen molar-refractivity contribution < 1.29 is 4.79 Å². The minimum atomic E-state index is 0.493. The van der Waals surface area contributed by atoms with Crippen molar-refractivity contribution in [2.45, 2.75) is 12.8 Å². The van der Waals surface area contributed by atoms with Gasteiger partial charge < -0.3 is 4.90 Å². The zero-order valence-electron chi connectivity index (χ0n) is 11.9. The molecule has 2 heterocycles. The number of benzene rings is 1. The monoisotopic (exact) mass is 278 g/mol. The van der Waals surface area contributed by atoms with Crippen LogP contribution >= 0.6 is 0 Å². The highest BCUT2D eigenvalue weighted by Crippen LogP contribution is 2.22. The van der Waals surface area contributed by atoms with Crippen molar-refractivity contribution in [2.75, 3.05) is 18.0 Å². The number of hydrogen-bond acceptors (Lipinski definition) is 3. The number of anilines is 1. The van der Waals surface area contributed by atoms with Crippen LogP contribution in [0.25, 0.3) is 12.2 Å². The Morgan fingerprint density at radius 3 is 2.38 bits per heavy atom. The zero-order valence-corrected chi connectivity index (χ0v) is 11.9. The van der Waals surface area contributed by atoms with Crippen LogP contribution in [-0.2, 0) is 0 Å². The van der Waals surface area contributed by atoms with E-state index in [2.05, 4.69) is 16.0 Å². The molecule has 3 heteroatoms. The van der Waals surface area contributed by atoms with E-state index >= 15 is 0 Å². The van der Waals surface area contributed by atoms with E-state index in [1.165, 1.54) is 12.8 Å². The average molecular weight is 278 g/mol. The quantitative estimate of drug-likeness (QED) is 0.800. The SMILES string of the molecule is O=Cc1cc(N2CCCC2)cc(C=Cc2ccccc2)n1. The Labute approximate surface area is 124 Å². The Balaban J connectivity index is 1.88. The summed E-state index contributed by atoms with van der Waals surface area (Å²) in [5.74, 6) is 0. The molecule has 0 unspecified atom stereocenters. The Hall–Kier alpha value is -2.42. The third kappa shape index (κ3) is 3.37. The highest BCUT2D eigenvalue weighted by atomic mass is 16.1. The van der Waals surface area contributed by atoms with Crippen LogP contribution < -0.4 is 4.90 Å². The number of aldehydes is 1. The highest BCUT2D eigenvalue weighted by Gasteiger charge is 2.13. The van der Waals surface area contributed by atoms with E-state index in [1.807, 2.05) is 48.6 Å². The molecule has 3 rings (SSSR count). The molecular formula is C18H18N2O. The van der Waals surface area contributed by atoms with E-state index in [-0.39, 0.29) is 0 Å². The molecule has 0 saturated carbocycles. The maximum absolute atomic E-state index is 11.1. The van der Waals surface area contributed by atoms with Gasteiger partial charge >= 0.3 is 0 Å². The van der Waals surface area contributed by atoms with Crippen LogP contribution in [0.2, 0.25) is 0 Å². The van der Waals surface area contributed by atoms with E-state index in [0.717, 1.165) is 36.3 Å². The Morgan fingerprint density at radius 1 is 0.952 bits per heavy atom. The summed E-state index contributed by atoms with van der Waals surface area (Å²) in [4.78, 5) is 17.8. The lowest BCUT2D eigenvalue weighted by Gasteiger charge is -2.18. The van der Waals surface area contributed by atoms with Crippen molar-refractivity contribution in [2.24, 2.45) is 0 Å². The summed E-state index contributed by atoms with van der Waals surface area (Å²) in [5, 5.41) is 0. The molecule has 0 bridgehead atoms. The molecule has 1 aliphatic rings. The number of nitrogens with zero attached hydrogens (tertiary/aromatic N) is 2. The molecule has 21 heavy (non-hydrogen) atoms. The van der Waals surface area contributed by atoms with Gasteiger partial charge in [0.15, 0.2) is 6.29 Å². The number of carbonyl (C=O) groups excluding carboxylic acids is 1. The molecule has 0 atom stereocenters. The molecule has 3 nitrogen and oxygen atoms in total. The van der Waals surface area contributed by atoms with Gasteiger partial charge in [0.1, 0.15) is 5.69 Å². The first kappa shape index (κ1) is 13.6. The number of aromatic nitrogens is 1. The summed E-state index contributed by atoms with van der Waals surface area (Å²) in [7, 11) is 0. The van der Waals surface area contributed by atoms with Crippen LogP contribution in [0.4, 0.5) is 5.69 Å². The lowest BCUT2D eigenvalue weighted by molar-refractivity contribution is 0.111. The van der Waals surface area contributed by atoms with Gasteiger partial charge in [-0.25, -0.2) is 4.98 Å². The van der Waals surface area contributed by atoms with Crippen molar-refractivity contribution in [1.82, 2.24) is 4.98 Å². The van der Waals surface area contributed by atoms with Crippen molar-refractivity contribution in [3.8, 4) is 0 Å². The van der Waals surface area contributed by atoms with E-state index in [4.69, 9.17) is 0 Å². The molecule has 0 aliphatic carbocycles. The average Bonchev–Trinajstić information content (AvgIpc) is 3.08. The zero-order chi connectivity index (χ0) is 14.5. The third-order valence-electron chi connectivity index (χ3n) is 3.69. The summed E-state index contributed by atoms with van der Waals surface area (Å²) in [6.07, 6.45) is 7.23. The molecule has 106 valence electrons. The molecule has 2 aromatic rings. The second kappa shape index (κ2) is 6.35. The molecular weight excluding hydrogens is 260 g/mol. The molecule has 1 aromatic heterocycles. The minimum Gasteiger partial charge on any atom is -0.371 e. The topological polar surface area (TPSA) is 33.2 Å². The van der Waals surface area contributed by atoms with Crippen LogP contribution in [0, 0.1) is 0 Å². The lowest BCUT2D eigenvalue weighted by atomic mass is 10.2. The Kier molecular flexibility index (Phi) is 4.10. The summed E-state index contributed by atoms with van der Waals surface area (Å²) < 4.78 is 0. The first-order valence-electron chi connectivity index (χ1n) is 7.30. The normalized spacial score (nSPS) is 14.8. The number of pyridine rings is 1. The standard InChI is InChI=1S/C18H18N2O/c21-14-17-13-18(20-10-4-5-11-20)12-16(19-17)9-8-15-6-2-1-3-7-15/h1-3,6-9,12-14H,4-5,10-11H2. The van der Waals surface area contributed by atoms with E-state index < -0.39 is 0 Å². The number of carbonyl (C=O) groups is 1. The predicted octanol–water partition coefficient (Wildman–Crippen LogP) is 3.66. The van der Waals surface area contributed by atoms with Gasteiger partial charge in [-0.3, -0.25) is 4.79 Å². The summed E-state index contributed by atoms with van der Waals surface area (Å²) in [6.45, 7) is 2.12. The molecule has 0 amide bonds. The first-order valence-corrected chi connectivity index (χ1v) is 7.30. The van der Waals surface area contributed by atoms with Gasteiger partial charge in [-0.05, 0) is 36.6 Å². The Bertz CT molecular complexity index is 644. The molecule has 0 spiro atoms. The van der Waals surface area contributed by atoms with Crippen LogP contribution in [-0.4, -0.2) is 24.4 Å².